The summed E-state index contributed by atoms with van der Waals surface area (Å²) in [5, 5.41) is 10.8. The Labute approximate surface area is 118 Å². The van der Waals surface area contributed by atoms with Crippen molar-refractivity contribution in [1.29, 1.82) is 0 Å². The lowest BCUT2D eigenvalue weighted by atomic mass is 10.1. The number of nitrogens with zero attached hydrogens (tertiary/aromatic N) is 3. The lowest BCUT2D eigenvalue weighted by molar-refractivity contribution is 0.102. The highest BCUT2D eigenvalue weighted by atomic mass is 35.5. The van der Waals surface area contributed by atoms with E-state index in [0.717, 1.165) is 0 Å². The first-order chi connectivity index (χ1) is 9.63. The fourth-order valence-corrected chi connectivity index (χ4v) is 2.04. The molecule has 0 saturated carbocycles. The number of halogens is 1. The van der Waals surface area contributed by atoms with Gasteiger partial charge in [0.15, 0.2) is 0 Å². The number of anilines is 1. The molecule has 0 radical (unpaired) electrons. The van der Waals surface area contributed by atoms with Crippen LogP contribution in [0.5, 0.6) is 0 Å². The van der Waals surface area contributed by atoms with Crippen molar-refractivity contribution in [3.05, 3.63) is 46.9 Å². The summed E-state index contributed by atoms with van der Waals surface area (Å²) < 4.78 is 5.12. The monoisotopic (exact) mass is 288 g/mol. The van der Waals surface area contributed by atoms with Crippen LogP contribution in [0.3, 0.4) is 0 Å². The SMILES string of the molecule is Cc1nnc(NC(=O)c2cc(Cl)nc3ccccc23)o1. The maximum atomic E-state index is 12.3. The number of carbonyl (C=O) groups is 1. The number of carbonyl (C=O) groups excluding carboxylic acids is 1. The fourth-order valence-electron chi connectivity index (χ4n) is 1.84. The third-order valence-corrected chi connectivity index (χ3v) is 2.87. The van der Waals surface area contributed by atoms with Crippen molar-refractivity contribution in [2.45, 2.75) is 6.92 Å². The first-order valence-electron chi connectivity index (χ1n) is 5.80. The molecular formula is C13H9ClN4O2. The zero-order valence-electron chi connectivity index (χ0n) is 10.4. The van der Waals surface area contributed by atoms with Gasteiger partial charge < -0.3 is 4.42 Å². The van der Waals surface area contributed by atoms with E-state index in [1.165, 1.54) is 6.07 Å². The largest absolute Gasteiger partial charge is 0.408 e. The normalized spacial score (nSPS) is 10.7. The lowest BCUT2D eigenvalue weighted by Gasteiger charge is -2.05. The van der Waals surface area contributed by atoms with E-state index in [1.807, 2.05) is 12.1 Å². The molecule has 20 heavy (non-hydrogen) atoms. The number of para-hydroxylation sites is 1. The summed E-state index contributed by atoms with van der Waals surface area (Å²) >= 11 is 5.93. The molecule has 3 rings (SSSR count). The number of pyridine rings is 1. The van der Waals surface area contributed by atoms with Crippen LogP contribution in [0.1, 0.15) is 16.2 Å². The summed E-state index contributed by atoms with van der Waals surface area (Å²) in [6.07, 6.45) is 0. The summed E-state index contributed by atoms with van der Waals surface area (Å²) in [5.41, 5.74) is 1.04. The zero-order valence-corrected chi connectivity index (χ0v) is 11.2. The van der Waals surface area contributed by atoms with Gasteiger partial charge in [0.05, 0.1) is 11.1 Å². The number of hydrogen-bond donors (Lipinski definition) is 1. The number of benzene rings is 1. The molecule has 1 aromatic carbocycles. The predicted octanol–water partition coefficient (Wildman–Crippen LogP) is 2.83. The van der Waals surface area contributed by atoms with Gasteiger partial charge in [0, 0.05) is 12.3 Å². The van der Waals surface area contributed by atoms with Crippen LogP contribution in [0.4, 0.5) is 6.01 Å². The van der Waals surface area contributed by atoms with Gasteiger partial charge in [-0.25, -0.2) is 4.98 Å². The molecule has 0 aliphatic heterocycles. The topological polar surface area (TPSA) is 80.9 Å². The minimum absolute atomic E-state index is 0.0458. The zero-order chi connectivity index (χ0) is 14.1. The minimum atomic E-state index is -0.380. The average molecular weight is 289 g/mol. The number of hydrogen-bond acceptors (Lipinski definition) is 5. The smallest absolute Gasteiger partial charge is 0.322 e. The van der Waals surface area contributed by atoms with E-state index in [0.29, 0.717) is 22.4 Å². The van der Waals surface area contributed by atoms with Gasteiger partial charge in [-0.3, -0.25) is 10.1 Å². The molecule has 7 heteroatoms. The second kappa shape index (κ2) is 4.90. The molecular weight excluding hydrogens is 280 g/mol. The third-order valence-electron chi connectivity index (χ3n) is 2.68. The molecule has 3 aromatic rings. The van der Waals surface area contributed by atoms with E-state index in [1.54, 1.807) is 19.1 Å². The molecule has 0 atom stereocenters. The standard InChI is InChI=1S/C13H9ClN4O2/c1-7-17-18-13(20-7)16-12(19)9-6-11(14)15-10-5-3-2-4-8(9)10/h2-6H,1H3,(H,16,18,19). The van der Waals surface area contributed by atoms with E-state index in [2.05, 4.69) is 20.5 Å². The quantitative estimate of drug-likeness (QED) is 0.733. The summed E-state index contributed by atoms with van der Waals surface area (Å²) in [4.78, 5) is 16.4. The Balaban J connectivity index is 2.02. The Bertz CT molecular complexity index is 800. The van der Waals surface area contributed by atoms with Crippen molar-refractivity contribution in [3.8, 4) is 0 Å². The first kappa shape index (κ1) is 12.6. The molecule has 0 aliphatic carbocycles. The van der Waals surface area contributed by atoms with Gasteiger partial charge in [-0.2, -0.15) is 0 Å². The second-order valence-corrected chi connectivity index (χ2v) is 4.48. The van der Waals surface area contributed by atoms with Crippen LogP contribution in [-0.2, 0) is 0 Å². The van der Waals surface area contributed by atoms with E-state index in [9.17, 15) is 4.79 Å². The van der Waals surface area contributed by atoms with Gasteiger partial charge in [-0.15, -0.1) is 5.10 Å². The van der Waals surface area contributed by atoms with E-state index < -0.39 is 0 Å². The lowest BCUT2D eigenvalue weighted by Crippen LogP contribution is -2.13. The van der Waals surface area contributed by atoms with Crippen molar-refractivity contribution in [1.82, 2.24) is 15.2 Å². The Hall–Kier alpha value is -2.47. The molecule has 0 spiro atoms. The summed E-state index contributed by atoms with van der Waals surface area (Å²) in [7, 11) is 0. The van der Waals surface area contributed by atoms with Crippen molar-refractivity contribution in [3.63, 3.8) is 0 Å². The Morgan fingerprint density at radius 2 is 2.10 bits per heavy atom. The number of rotatable bonds is 2. The van der Waals surface area contributed by atoms with Crippen LogP contribution < -0.4 is 5.32 Å². The molecule has 0 aliphatic rings. The molecule has 0 saturated heterocycles. The van der Waals surface area contributed by atoms with E-state index >= 15 is 0 Å². The highest BCUT2D eigenvalue weighted by Gasteiger charge is 2.14. The maximum Gasteiger partial charge on any atom is 0.322 e. The van der Waals surface area contributed by atoms with Gasteiger partial charge in [0.25, 0.3) is 5.91 Å². The van der Waals surface area contributed by atoms with Gasteiger partial charge in [0.1, 0.15) is 5.15 Å². The predicted molar refractivity (Wildman–Crippen MR) is 73.7 cm³/mol. The molecule has 1 N–H and O–H groups in total. The molecule has 2 heterocycles. The van der Waals surface area contributed by atoms with E-state index in [-0.39, 0.29) is 17.1 Å². The fraction of sp³-hybridized carbons (Fsp3) is 0.0769. The summed E-state index contributed by atoms with van der Waals surface area (Å²) in [6, 6.07) is 8.79. The Morgan fingerprint density at radius 1 is 1.30 bits per heavy atom. The molecule has 1 amide bonds. The van der Waals surface area contributed by atoms with Crippen LogP contribution in [0.2, 0.25) is 5.15 Å². The van der Waals surface area contributed by atoms with Gasteiger partial charge in [-0.05, 0) is 12.1 Å². The number of aromatic nitrogens is 3. The van der Waals surface area contributed by atoms with Crippen molar-refractivity contribution in [2.75, 3.05) is 5.32 Å². The average Bonchev–Trinajstić information content (AvgIpc) is 2.83. The first-order valence-corrected chi connectivity index (χ1v) is 6.18. The van der Waals surface area contributed by atoms with Crippen molar-refractivity contribution < 1.29 is 9.21 Å². The highest BCUT2D eigenvalue weighted by Crippen LogP contribution is 2.21. The number of nitrogens with one attached hydrogen (secondary N) is 1. The number of fused-ring (bicyclic) bond motifs is 1. The maximum absolute atomic E-state index is 12.3. The van der Waals surface area contributed by atoms with Crippen LogP contribution in [-0.4, -0.2) is 21.1 Å². The van der Waals surface area contributed by atoms with Gasteiger partial charge >= 0.3 is 6.01 Å². The summed E-state index contributed by atoms with van der Waals surface area (Å²) in [5.74, 6) is -0.00734. The van der Waals surface area contributed by atoms with Crippen molar-refractivity contribution >= 4 is 34.4 Å². The highest BCUT2D eigenvalue weighted by molar-refractivity contribution is 6.30. The van der Waals surface area contributed by atoms with Crippen LogP contribution in [0.15, 0.2) is 34.7 Å². The second-order valence-electron chi connectivity index (χ2n) is 4.09. The molecule has 6 nitrogen and oxygen atoms in total. The van der Waals surface area contributed by atoms with Crippen LogP contribution >= 0.6 is 11.6 Å². The Morgan fingerprint density at radius 3 is 2.85 bits per heavy atom. The number of amides is 1. The molecule has 100 valence electrons. The van der Waals surface area contributed by atoms with Gasteiger partial charge in [-0.1, -0.05) is 34.9 Å². The van der Waals surface area contributed by atoms with Crippen LogP contribution in [0, 0.1) is 6.92 Å². The molecule has 0 bridgehead atoms. The van der Waals surface area contributed by atoms with Crippen molar-refractivity contribution in [2.24, 2.45) is 0 Å². The van der Waals surface area contributed by atoms with E-state index in [4.69, 9.17) is 16.0 Å². The molecule has 0 unspecified atom stereocenters. The minimum Gasteiger partial charge on any atom is -0.408 e. The molecule has 2 aromatic heterocycles. The third kappa shape index (κ3) is 2.33. The Kier molecular flexibility index (Phi) is 3.08. The van der Waals surface area contributed by atoms with Gasteiger partial charge in [0.2, 0.25) is 5.89 Å². The van der Waals surface area contributed by atoms with Crippen LogP contribution in [0.25, 0.3) is 10.9 Å². The molecule has 0 fully saturated rings. The number of aryl methyl sites for hydroxylation is 1. The summed E-state index contributed by atoms with van der Waals surface area (Å²) in [6.45, 7) is 1.64.